The largest absolute Gasteiger partial charge is 0.494 e. The molecule has 0 amide bonds. The molecule has 2 nitrogen and oxygen atoms in total. The third-order valence-electron chi connectivity index (χ3n) is 2.79. The molecule has 0 aromatic heterocycles. The van der Waals surface area contributed by atoms with Gasteiger partial charge in [-0.25, -0.2) is 4.39 Å². The van der Waals surface area contributed by atoms with E-state index in [4.69, 9.17) is 10.5 Å². The van der Waals surface area contributed by atoms with Crippen molar-refractivity contribution in [3.05, 3.63) is 29.6 Å². The fourth-order valence-electron chi connectivity index (χ4n) is 1.38. The standard InChI is InChI=1S/C12H18FNO/c1-8(12(2,3)14)9-5-6-10(13)11(7-9)15-4/h5-8H,14H2,1-4H3. The molecule has 3 heteroatoms. The molecular weight excluding hydrogens is 193 g/mol. The molecule has 0 radical (unpaired) electrons. The van der Waals surface area contributed by atoms with Gasteiger partial charge < -0.3 is 10.5 Å². The second-order valence-corrected chi connectivity index (χ2v) is 4.44. The van der Waals surface area contributed by atoms with Gasteiger partial charge in [-0.05, 0) is 37.5 Å². The van der Waals surface area contributed by atoms with Crippen LogP contribution in [0.1, 0.15) is 32.3 Å². The lowest BCUT2D eigenvalue weighted by Gasteiger charge is -2.27. The van der Waals surface area contributed by atoms with Crippen LogP contribution in [0.15, 0.2) is 18.2 Å². The summed E-state index contributed by atoms with van der Waals surface area (Å²) in [5.41, 5.74) is 6.66. The molecule has 1 aromatic carbocycles. The van der Waals surface area contributed by atoms with Crippen LogP contribution in [0.25, 0.3) is 0 Å². The summed E-state index contributed by atoms with van der Waals surface area (Å²) < 4.78 is 18.1. The van der Waals surface area contributed by atoms with E-state index in [1.54, 1.807) is 12.1 Å². The van der Waals surface area contributed by atoms with Gasteiger partial charge in [0.2, 0.25) is 0 Å². The lowest BCUT2D eigenvalue weighted by Crippen LogP contribution is -2.37. The highest BCUT2D eigenvalue weighted by atomic mass is 19.1. The van der Waals surface area contributed by atoms with Crippen molar-refractivity contribution in [2.45, 2.75) is 32.2 Å². The summed E-state index contributed by atoms with van der Waals surface area (Å²) in [5.74, 6) is 0.0684. The van der Waals surface area contributed by atoms with Gasteiger partial charge in [-0.15, -0.1) is 0 Å². The molecule has 0 aliphatic heterocycles. The van der Waals surface area contributed by atoms with Crippen LogP contribution in [0.2, 0.25) is 0 Å². The Morgan fingerprint density at radius 3 is 2.47 bits per heavy atom. The maximum Gasteiger partial charge on any atom is 0.165 e. The van der Waals surface area contributed by atoms with E-state index in [-0.39, 0.29) is 23.0 Å². The van der Waals surface area contributed by atoms with Crippen LogP contribution in [0.5, 0.6) is 5.75 Å². The first-order valence-electron chi connectivity index (χ1n) is 4.98. The minimum absolute atomic E-state index is 0.145. The van der Waals surface area contributed by atoms with Crippen molar-refractivity contribution in [2.75, 3.05) is 7.11 Å². The van der Waals surface area contributed by atoms with E-state index >= 15 is 0 Å². The molecule has 1 atom stereocenters. The second-order valence-electron chi connectivity index (χ2n) is 4.44. The first kappa shape index (κ1) is 12.0. The molecule has 0 fully saturated rings. The van der Waals surface area contributed by atoms with E-state index in [9.17, 15) is 4.39 Å². The van der Waals surface area contributed by atoms with Gasteiger partial charge in [0.05, 0.1) is 7.11 Å². The summed E-state index contributed by atoms with van der Waals surface area (Å²) >= 11 is 0. The Balaban J connectivity index is 3.06. The normalized spacial score (nSPS) is 13.7. The van der Waals surface area contributed by atoms with Crippen LogP contribution >= 0.6 is 0 Å². The Morgan fingerprint density at radius 2 is 2.00 bits per heavy atom. The van der Waals surface area contributed by atoms with Gasteiger partial charge in [-0.2, -0.15) is 0 Å². The van der Waals surface area contributed by atoms with Gasteiger partial charge in [0.25, 0.3) is 0 Å². The number of rotatable bonds is 3. The minimum atomic E-state index is -0.344. The molecule has 84 valence electrons. The zero-order valence-electron chi connectivity index (χ0n) is 9.67. The van der Waals surface area contributed by atoms with E-state index < -0.39 is 0 Å². The van der Waals surface area contributed by atoms with Crippen LogP contribution in [0.4, 0.5) is 4.39 Å². The van der Waals surface area contributed by atoms with Crippen LogP contribution in [0, 0.1) is 5.82 Å². The van der Waals surface area contributed by atoms with Crippen LogP contribution in [-0.4, -0.2) is 12.6 Å². The van der Waals surface area contributed by atoms with Gasteiger partial charge in [-0.3, -0.25) is 0 Å². The molecule has 2 N–H and O–H groups in total. The highest BCUT2D eigenvalue weighted by Crippen LogP contribution is 2.29. The Kier molecular flexibility index (Phi) is 3.35. The molecule has 0 heterocycles. The van der Waals surface area contributed by atoms with Crippen molar-refractivity contribution < 1.29 is 9.13 Å². The topological polar surface area (TPSA) is 35.2 Å². The van der Waals surface area contributed by atoms with Gasteiger partial charge >= 0.3 is 0 Å². The minimum Gasteiger partial charge on any atom is -0.494 e. The van der Waals surface area contributed by atoms with E-state index in [2.05, 4.69) is 0 Å². The predicted octanol–water partition coefficient (Wildman–Crippen LogP) is 2.68. The average Bonchev–Trinajstić information content (AvgIpc) is 2.16. The summed E-state index contributed by atoms with van der Waals surface area (Å²) in [6.07, 6.45) is 0. The van der Waals surface area contributed by atoms with E-state index in [1.165, 1.54) is 13.2 Å². The Morgan fingerprint density at radius 1 is 1.40 bits per heavy atom. The van der Waals surface area contributed by atoms with Crippen molar-refractivity contribution in [1.29, 1.82) is 0 Å². The quantitative estimate of drug-likeness (QED) is 0.834. The summed E-state index contributed by atoms with van der Waals surface area (Å²) in [6.45, 7) is 5.92. The summed E-state index contributed by atoms with van der Waals surface area (Å²) in [4.78, 5) is 0. The van der Waals surface area contributed by atoms with Crippen molar-refractivity contribution in [2.24, 2.45) is 5.73 Å². The maximum atomic E-state index is 13.2. The van der Waals surface area contributed by atoms with Gasteiger partial charge in [0.1, 0.15) is 0 Å². The first-order valence-corrected chi connectivity index (χ1v) is 4.98. The summed E-state index contributed by atoms with van der Waals surface area (Å²) in [6, 6.07) is 4.86. The van der Waals surface area contributed by atoms with Crippen molar-refractivity contribution in [3.8, 4) is 5.75 Å². The van der Waals surface area contributed by atoms with Crippen molar-refractivity contribution in [3.63, 3.8) is 0 Å². The molecule has 0 spiro atoms. The van der Waals surface area contributed by atoms with Gasteiger partial charge in [0.15, 0.2) is 11.6 Å². The summed E-state index contributed by atoms with van der Waals surface area (Å²) in [5, 5.41) is 0. The number of methoxy groups -OCH3 is 1. The SMILES string of the molecule is COc1cc(C(C)C(C)(C)N)ccc1F. The van der Waals surface area contributed by atoms with Crippen LogP contribution in [0.3, 0.4) is 0 Å². The summed E-state index contributed by atoms with van der Waals surface area (Å²) in [7, 11) is 1.46. The second kappa shape index (κ2) is 4.19. The average molecular weight is 211 g/mol. The Hall–Kier alpha value is -1.09. The van der Waals surface area contributed by atoms with Crippen molar-refractivity contribution in [1.82, 2.24) is 0 Å². The number of halogens is 1. The first-order chi connectivity index (χ1) is 6.86. The molecule has 1 unspecified atom stereocenters. The van der Waals surface area contributed by atoms with E-state index in [0.717, 1.165) is 5.56 Å². The van der Waals surface area contributed by atoms with E-state index in [1.807, 2.05) is 20.8 Å². The molecule has 1 rings (SSSR count). The Bertz CT molecular complexity index is 344. The fraction of sp³-hybridized carbons (Fsp3) is 0.500. The molecule has 0 saturated heterocycles. The molecule has 0 aliphatic rings. The number of nitrogens with two attached hydrogens (primary N) is 1. The van der Waals surface area contributed by atoms with Gasteiger partial charge in [-0.1, -0.05) is 13.0 Å². The lowest BCUT2D eigenvalue weighted by molar-refractivity contribution is 0.382. The number of hydrogen-bond donors (Lipinski definition) is 1. The number of ether oxygens (including phenoxy) is 1. The molecule has 0 aliphatic carbocycles. The Labute approximate surface area is 90.2 Å². The zero-order valence-corrected chi connectivity index (χ0v) is 9.67. The molecule has 1 aromatic rings. The maximum absolute atomic E-state index is 13.2. The van der Waals surface area contributed by atoms with Gasteiger partial charge in [0, 0.05) is 5.54 Å². The third kappa shape index (κ3) is 2.69. The smallest absolute Gasteiger partial charge is 0.165 e. The fourth-order valence-corrected chi connectivity index (χ4v) is 1.38. The zero-order chi connectivity index (χ0) is 11.6. The van der Waals surface area contributed by atoms with Crippen LogP contribution in [-0.2, 0) is 0 Å². The van der Waals surface area contributed by atoms with E-state index in [0.29, 0.717) is 0 Å². The number of benzene rings is 1. The van der Waals surface area contributed by atoms with Crippen LogP contribution < -0.4 is 10.5 Å². The molecule has 0 bridgehead atoms. The highest BCUT2D eigenvalue weighted by Gasteiger charge is 2.22. The monoisotopic (exact) mass is 211 g/mol. The molecule has 0 saturated carbocycles. The van der Waals surface area contributed by atoms with Crippen molar-refractivity contribution >= 4 is 0 Å². The number of hydrogen-bond acceptors (Lipinski definition) is 2. The molecular formula is C12H18FNO. The third-order valence-corrected chi connectivity index (χ3v) is 2.79. The highest BCUT2D eigenvalue weighted by molar-refractivity contribution is 5.33. The lowest BCUT2D eigenvalue weighted by atomic mass is 9.84. The molecule has 15 heavy (non-hydrogen) atoms. The predicted molar refractivity (Wildman–Crippen MR) is 59.6 cm³/mol.